The average Bonchev–Trinajstić information content (AvgIpc) is 2.26. The fraction of sp³-hybridized carbons (Fsp3) is 0.615. The van der Waals surface area contributed by atoms with E-state index in [2.05, 4.69) is 36.7 Å². The Morgan fingerprint density at radius 1 is 1.50 bits per heavy atom. The van der Waals surface area contributed by atoms with Gasteiger partial charge in [0.15, 0.2) is 0 Å². The van der Waals surface area contributed by atoms with Gasteiger partial charge in [0, 0.05) is 24.2 Å². The van der Waals surface area contributed by atoms with Gasteiger partial charge in [-0.15, -0.1) is 0 Å². The van der Waals surface area contributed by atoms with Crippen molar-refractivity contribution in [3.63, 3.8) is 0 Å². The van der Waals surface area contributed by atoms with Crippen LogP contribution in [0.15, 0.2) is 18.3 Å². The summed E-state index contributed by atoms with van der Waals surface area (Å²) in [6.45, 7) is 7.82. The van der Waals surface area contributed by atoms with E-state index in [0.717, 1.165) is 18.7 Å². The molecule has 3 nitrogen and oxygen atoms in total. The van der Waals surface area contributed by atoms with Gasteiger partial charge in [-0.25, -0.2) is 0 Å². The minimum absolute atomic E-state index is 0.109. The van der Waals surface area contributed by atoms with E-state index < -0.39 is 0 Å². The third-order valence-electron chi connectivity index (χ3n) is 3.23. The molecule has 0 aliphatic carbocycles. The van der Waals surface area contributed by atoms with Crippen LogP contribution in [0.3, 0.4) is 0 Å². The molecule has 0 saturated heterocycles. The SMILES string of the molecule is CC(C)(C)N1CCC(CO)c2ncccc21. The minimum Gasteiger partial charge on any atom is -0.396 e. The van der Waals surface area contributed by atoms with Crippen LogP contribution >= 0.6 is 0 Å². The first-order valence-corrected chi connectivity index (χ1v) is 5.87. The molecule has 2 heterocycles. The van der Waals surface area contributed by atoms with E-state index in [9.17, 15) is 5.11 Å². The van der Waals surface area contributed by atoms with Crippen LogP contribution in [0.25, 0.3) is 0 Å². The number of aliphatic hydroxyl groups is 1. The second kappa shape index (κ2) is 4.06. The molecule has 0 bridgehead atoms. The summed E-state index contributed by atoms with van der Waals surface area (Å²) < 4.78 is 0. The molecular formula is C13H20N2O. The summed E-state index contributed by atoms with van der Waals surface area (Å²) in [6.07, 6.45) is 2.80. The zero-order valence-corrected chi connectivity index (χ0v) is 10.3. The summed E-state index contributed by atoms with van der Waals surface area (Å²) in [5.74, 6) is 0.204. The van der Waals surface area contributed by atoms with Crippen molar-refractivity contribution in [1.29, 1.82) is 0 Å². The first-order valence-electron chi connectivity index (χ1n) is 5.87. The number of anilines is 1. The molecule has 1 aromatic heterocycles. The van der Waals surface area contributed by atoms with E-state index in [-0.39, 0.29) is 18.1 Å². The number of nitrogens with zero attached hydrogens (tertiary/aromatic N) is 2. The molecule has 0 radical (unpaired) electrons. The number of aliphatic hydroxyl groups excluding tert-OH is 1. The van der Waals surface area contributed by atoms with Crippen molar-refractivity contribution in [3.05, 3.63) is 24.0 Å². The maximum absolute atomic E-state index is 9.37. The third kappa shape index (κ3) is 1.92. The molecule has 1 aliphatic heterocycles. The number of pyridine rings is 1. The number of fused-ring (bicyclic) bond motifs is 1. The van der Waals surface area contributed by atoms with E-state index in [1.807, 2.05) is 12.3 Å². The molecule has 1 aliphatic rings. The fourth-order valence-electron chi connectivity index (χ4n) is 2.37. The summed E-state index contributed by atoms with van der Waals surface area (Å²) in [5, 5.41) is 9.37. The Kier molecular flexibility index (Phi) is 2.89. The van der Waals surface area contributed by atoms with Crippen molar-refractivity contribution in [1.82, 2.24) is 4.98 Å². The molecule has 1 atom stereocenters. The molecule has 16 heavy (non-hydrogen) atoms. The molecule has 88 valence electrons. The normalized spacial score (nSPS) is 20.8. The van der Waals surface area contributed by atoms with Gasteiger partial charge in [-0.2, -0.15) is 0 Å². The lowest BCUT2D eigenvalue weighted by Gasteiger charge is -2.43. The molecule has 1 unspecified atom stereocenters. The summed E-state index contributed by atoms with van der Waals surface area (Å²) in [4.78, 5) is 6.81. The second-order valence-electron chi connectivity index (χ2n) is 5.40. The van der Waals surface area contributed by atoms with E-state index in [4.69, 9.17) is 0 Å². The van der Waals surface area contributed by atoms with Crippen LogP contribution in [0.4, 0.5) is 5.69 Å². The van der Waals surface area contributed by atoms with Crippen LogP contribution in [0.2, 0.25) is 0 Å². The first kappa shape index (κ1) is 11.4. The molecule has 2 rings (SSSR count). The Hall–Kier alpha value is -1.09. The van der Waals surface area contributed by atoms with Crippen LogP contribution in [0, 0.1) is 0 Å². The van der Waals surface area contributed by atoms with Crippen molar-refractivity contribution >= 4 is 5.69 Å². The highest BCUT2D eigenvalue weighted by Crippen LogP contribution is 2.36. The number of hydrogen-bond acceptors (Lipinski definition) is 3. The van der Waals surface area contributed by atoms with E-state index >= 15 is 0 Å². The lowest BCUT2D eigenvalue weighted by atomic mass is 9.91. The van der Waals surface area contributed by atoms with Gasteiger partial charge >= 0.3 is 0 Å². The maximum Gasteiger partial charge on any atom is 0.0691 e. The predicted molar refractivity (Wildman–Crippen MR) is 65.8 cm³/mol. The molecule has 3 heteroatoms. The second-order valence-corrected chi connectivity index (χ2v) is 5.40. The Morgan fingerprint density at radius 3 is 2.88 bits per heavy atom. The first-order chi connectivity index (χ1) is 7.54. The van der Waals surface area contributed by atoms with Gasteiger partial charge in [0.2, 0.25) is 0 Å². The Morgan fingerprint density at radius 2 is 2.25 bits per heavy atom. The molecule has 0 spiro atoms. The van der Waals surface area contributed by atoms with Crippen LogP contribution < -0.4 is 4.90 Å². The third-order valence-corrected chi connectivity index (χ3v) is 3.23. The van der Waals surface area contributed by atoms with Crippen molar-refractivity contribution in [3.8, 4) is 0 Å². The average molecular weight is 220 g/mol. The van der Waals surface area contributed by atoms with Crippen molar-refractivity contribution in [2.24, 2.45) is 0 Å². The molecule has 0 amide bonds. The maximum atomic E-state index is 9.37. The van der Waals surface area contributed by atoms with Gasteiger partial charge in [0.05, 0.1) is 18.0 Å². The topological polar surface area (TPSA) is 36.4 Å². The van der Waals surface area contributed by atoms with Gasteiger partial charge < -0.3 is 10.0 Å². The summed E-state index contributed by atoms with van der Waals surface area (Å²) in [7, 11) is 0. The Balaban J connectivity index is 2.43. The summed E-state index contributed by atoms with van der Waals surface area (Å²) in [5.41, 5.74) is 2.34. The van der Waals surface area contributed by atoms with E-state index in [1.54, 1.807) is 0 Å². The fourth-order valence-corrected chi connectivity index (χ4v) is 2.37. The highest BCUT2D eigenvalue weighted by Gasteiger charge is 2.31. The molecule has 1 N–H and O–H groups in total. The Labute approximate surface area is 97.1 Å². The van der Waals surface area contributed by atoms with Gasteiger partial charge in [-0.3, -0.25) is 4.98 Å². The molecule has 0 aromatic carbocycles. The van der Waals surface area contributed by atoms with Crippen molar-refractivity contribution in [2.75, 3.05) is 18.1 Å². The van der Waals surface area contributed by atoms with Crippen molar-refractivity contribution < 1.29 is 5.11 Å². The molecule has 1 aromatic rings. The summed E-state index contributed by atoms with van der Waals surface area (Å²) >= 11 is 0. The van der Waals surface area contributed by atoms with Gasteiger partial charge in [-0.05, 0) is 39.3 Å². The zero-order chi connectivity index (χ0) is 11.8. The number of hydrogen-bond donors (Lipinski definition) is 1. The van der Waals surface area contributed by atoms with Crippen molar-refractivity contribution in [2.45, 2.75) is 38.6 Å². The van der Waals surface area contributed by atoms with Crippen LogP contribution in [0.5, 0.6) is 0 Å². The quantitative estimate of drug-likeness (QED) is 0.788. The smallest absolute Gasteiger partial charge is 0.0691 e. The highest BCUT2D eigenvalue weighted by atomic mass is 16.3. The van der Waals surface area contributed by atoms with E-state index in [0.29, 0.717) is 0 Å². The van der Waals surface area contributed by atoms with Crippen LogP contribution in [-0.4, -0.2) is 28.8 Å². The van der Waals surface area contributed by atoms with Crippen LogP contribution in [0.1, 0.15) is 38.8 Å². The minimum atomic E-state index is 0.109. The lowest BCUT2D eigenvalue weighted by molar-refractivity contribution is 0.251. The molecule has 0 saturated carbocycles. The number of aromatic nitrogens is 1. The predicted octanol–water partition coefficient (Wildman–Crippen LogP) is 2.17. The highest BCUT2D eigenvalue weighted by molar-refractivity contribution is 5.55. The van der Waals surface area contributed by atoms with Gasteiger partial charge in [-0.1, -0.05) is 0 Å². The van der Waals surface area contributed by atoms with E-state index in [1.165, 1.54) is 5.69 Å². The number of rotatable bonds is 1. The summed E-state index contributed by atoms with van der Waals surface area (Å²) in [6, 6.07) is 4.08. The largest absolute Gasteiger partial charge is 0.396 e. The monoisotopic (exact) mass is 220 g/mol. The molecule has 0 fully saturated rings. The molecular weight excluding hydrogens is 200 g/mol. The zero-order valence-electron chi connectivity index (χ0n) is 10.3. The van der Waals surface area contributed by atoms with Crippen LogP contribution in [-0.2, 0) is 0 Å². The Bertz CT molecular complexity index is 370. The van der Waals surface area contributed by atoms with Gasteiger partial charge in [0.1, 0.15) is 0 Å². The van der Waals surface area contributed by atoms with Gasteiger partial charge in [0.25, 0.3) is 0 Å². The standard InChI is InChI=1S/C13H20N2O/c1-13(2,3)15-8-6-10(9-16)12-11(15)5-4-7-14-12/h4-5,7,10,16H,6,8-9H2,1-3H3. The lowest BCUT2D eigenvalue weighted by Crippen LogP contribution is -2.45.